The Hall–Kier alpha value is -3.56. The van der Waals surface area contributed by atoms with Crippen molar-refractivity contribution in [1.29, 1.82) is 0 Å². The third kappa shape index (κ3) is 5.37. The van der Waals surface area contributed by atoms with Gasteiger partial charge in [0.15, 0.2) is 40.6 Å². The summed E-state index contributed by atoms with van der Waals surface area (Å²) in [6.07, 6.45) is 1.33. The maximum Gasteiger partial charge on any atom is 0.229 e. The van der Waals surface area contributed by atoms with Crippen molar-refractivity contribution in [3.8, 4) is 11.5 Å². The third-order valence-corrected chi connectivity index (χ3v) is 4.40. The van der Waals surface area contributed by atoms with Crippen molar-refractivity contribution in [2.45, 2.75) is 26.8 Å². The summed E-state index contributed by atoms with van der Waals surface area (Å²) in [7, 11) is 0. The summed E-state index contributed by atoms with van der Waals surface area (Å²) in [5.41, 5.74) is -0.130. The molecule has 0 bridgehead atoms. The molecule has 0 saturated carbocycles. The number of rotatable bonds is 9. The molecular weight excluding hydrogens is 430 g/mol. The van der Waals surface area contributed by atoms with Crippen molar-refractivity contribution < 1.29 is 31.8 Å². The Balaban J connectivity index is 1.67. The van der Waals surface area contributed by atoms with E-state index in [0.717, 1.165) is 4.68 Å². The van der Waals surface area contributed by atoms with Crippen molar-refractivity contribution in [3.05, 3.63) is 70.9 Å². The molecule has 170 valence electrons. The van der Waals surface area contributed by atoms with Crippen LogP contribution in [-0.2, 0) is 17.8 Å². The molecule has 3 aromatic rings. The van der Waals surface area contributed by atoms with Crippen LogP contribution >= 0.6 is 0 Å². The first-order valence-corrected chi connectivity index (χ1v) is 9.86. The molecule has 1 heterocycles. The number of nitrogens with one attached hydrogen (secondary N) is 1. The Morgan fingerprint density at radius 2 is 1.62 bits per heavy atom. The van der Waals surface area contributed by atoms with E-state index in [9.17, 15) is 22.4 Å². The number of ether oxygens (including phenoxy) is 2. The highest BCUT2D eigenvalue weighted by Crippen LogP contribution is 2.29. The van der Waals surface area contributed by atoms with E-state index in [2.05, 4.69) is 10.4 Å². The number of aromatic nitrogens is 2. The second-order valence-corrected chi connectivity index (χ2v) is 6.72. The van der Waals surface area contributed by atoms with Gasteiger partial charge in [0.1, 0.15) is 0 Å². The lowest BCUT2D eigenvalue weighted by molar-refractivity contribution is -0.115. The summed E-state index contributed by atoms with van der Waals surface area (Å²) in [5, 5.41) is 6.54. The van der Waals surface area contributed by atoms with E-state index in [1.807, 2.05) is 13.8 Å². The first-order chi connectivity index (χ1) is 15.3. The number of benzene rings is 2. The van der Waals surface area contributed by atoms with E-state index in [4.69, 9.17) is 9.47 Å². The Labute approximate surface area is 181 Å². The summed E-state index contributed by atoms with van der Waals surface area (Å²) in [4.78, 5) is 12.4. The molecule has 0 fully saturated rings. The second-order valence-electron chi connectivity index (χ2n) is 6.72. The number of hydrogen-bond acceptors (Lipinski definition) is 4. The molecule has 32 heavy (non-hydrogen) atoms. The molecule has 10 heteroatoms. The summed E-state index contributed by atoms with van der Waals surface area (Å²) in [6.45, 7) is 4.03. The van der Waals surface area contributed by atoms with Crippen LogP contribution in [-0.4, -0.2) is 28.9 Å². The first kappa shape index (κ1) is 23.1. The van der Waals surface area contributed by atoms with Crippen LogP contribution in [0.3, 0.4) is 0 Å². The fraction of sp³-hybridized carbons (Fsp3) is 0.273. The molecule has 0 spiro atoms. The fourth-order valence-electron chi connectivity index (χ4n) is 3.02. The van der Waals surface area contributed by atoms with E-state index in [-0.39, 0.29) is 18.3 Å². The van der Waals surface area contributed by atoms with Gasteiger partial charge in [-0.05, 0) is 31.5 Å². The minimum absolute atomic E-state index is 0.0116. The number of carbonyl (C=O) groups excluding carboxylic acids is 1. The van der Waals surface area contributed by atoms with Gasteiger partial charge < -0.3 is 14.8 Å². The van der Waals surface area contributed by atoms with Gasteiger partial charge >= 0.3 is 0 Å². The van der Waals surface area contributed by atoms with E-state index in [0.29, 0.717) is 30.3 Å². The molecule has 0 radical (unpaired) electrons. The molecule has 2 aromatic carbocycles. The SMILES string of the molecule is CCOc1ccc(CC(=O)Nc2ccn(Cc3c(F)c(F)cc(F)c3F)n2)cc1OCC. The lowest BCUT2D eigenvalue weighted by Crippen LogP contribution is -2.15. The zero-order chi connectivity index (χ0) is 23.3. The molecule has 0 unspecified atom stereocenters. The maximum atomic E-state index is 13.8. The third-order valence-electron chi connectivity index (χ3n) is 4.40. The number of nitrogens with zero attached hydrogens (tertiary/aromatic N) is 2. The van der Waals surface area contributed by atoms with Gasteiger partial charge in [-0.1, -0.05) is 6.07 Å². The molecule has 1 N–H and O–H groups in total. The summed E-state index contributed by atoms with van der Waals surface area (Å²) in [5.74, 6) is -5.17. The molecule has 0 saturated heterocycles. The zero-order valence-electron chi connectivity index (χ0n) is 17.4. The highest BCUT2D eigenvalue weighted by Gasteiger charge is 2.20. The Bertz CT molecular complexity index is 1090. The number of anilines is 1. The van der Waals surface area contributed by atoms with Crippen molar-refractivity contribution in [3.63, 3.8) is 0 Å². The lowest BCUT2D eigenvalue weighted by atomic mass is 10.1. The van der Waals surface area contributed by atoms with Crippen LogP contribution in [0.25, 0.3) is 0 Å². The molecule has 1 aromatic heterocycles. The number of hydrogen-bond donors (Lipinski definition) is 1. The van der Waals surface area contributed by atoms with Gasteiger partial charge in [-0.15, -0.1) is 0 Å². The minimum Gasteiger partial charge on any atom is -0.490 e. The first-order valence-electron chi connectivity index (χ1n) is 9.86. The Morgan fingerprint density at radius 3 is 2.28 bits per heavy atom. The second kappa shape index (κ2) is 10.2. The van der Waals surface area contributed by atoms with E-state index in [1.165, 1.54) is 12.3 Å². The highest BCUT2D eigenvalue weighted by atomic mass is 19.2. The minimum atomic E-state index is -1.50. The van der Waals surface area contributed by atoms with Crippen LogP contribution in [0, 0.1) is 23.3 Å². The topological polar surface area (TPSA) is 65.4 Å². The quantitative estimate of drug-likeness (QED) is 0.385. The van der Waals surface area contributed by atoms with E-state index in [1.54, 1.807) is 18.2 Å². The fourth-order valence-corrected chi connectivity index (χ4v) is 3.02. The van der Waals surface area contributed by atoms with Crippen molar-refractivity contribution in [2.24, 2.45) is 0 Å². The van der Waals surface area contributed by atoms with Gasteiger partial charge in [0.25, 0.3) is 0 Å². The van der Waals surface area contributed by atoms with Gasteiger partial charge in [0.05, 0.1) is 31.7 Å². The standard InChI is InChI=1S/C22H21F4N3O3/c1-3-31-17-6-5-13(9-18(17)32-4-2)10-20(30)27-19-7-8-29(28-19)12-14-21(25)15(23)11-16(24)22(14)26/h5-9,11H,3-4,10,12H2,1-2H3,(H,27,28,30). The average molecular weight is 451 g/mol. The highest BCUT2D eigenvalue weighted by molar-refractivity contribution is 5.91. The summed E-state index contributed by atoms with van der Waals surface area (Å²) in [6, 6.07) is 6.69. The molecule has 1 amide bonds. The van der Waals surface area contributed by atoms with Crippen LogP contribution in [0.1, 0.15) is 25.0 Å². The largest absolute Gasteiger partial charge is 0.490 e. The Kier molecular flexibility index (Phi) is 7.34. The molecular formula is C22H21F4N3O3. The van der Waals surface area contributed by atoms with Gasteiger partial charge in [0.2, 0.25) is 5.91 Å². The van der Waals surface area contributed by atoms with Gasteiger partial charge in [-0.25, -0.2) is 17.6 Å². The van der Waals surface area contributed by atoms with Gasteiger partial charge in [-0.2, -0.15) is 5.10 Å². The molecule has 0 aliphatic carbocycles. The summed E-state index contributed by atoms with van der Waals surface area (Å²) < 4.78 is 66.5. The molecule has 0 aliphatic heterocycles. The molecule has 6 nitrogen and oxygen atoms in total. The van der Waals surface area contributed by atoms with Crippen molar-refractivity contribution in [2.75, 3.05) is 18.5 Å². The monoisotopic (exact) mass is 451 g/mol. The van der Waals surface area contributed by atoms with Crippen LogP contribution < -0.4 is 14.8 Å². The number of carbonyl (C=O) groups is 1. The normalized spacial score (nSPS) is 10.8. The van der Waals surface area contributed by atoms with Crippen LogP contribution in [0.5, 0.6) is 11.5 Å². The maximum absolute atomic E-state index is 13.8. The van der Waals surface area contributed by atoms with Crippen LogP contribution in [0.2, 0.25) is 0 Å². The van der Waals surface area contributed by atoms with Crippen LogP contribution in [0.15, 0.2) is 36.5 Å². The average Bonchev–Trinajstić information content (AvgIpc) is 3.18. The number of amides is 1. The predicted molar refractivity (Wildman–Crippen MR) is 109 cm³/mol. The van der Waals surface area contributed by atoms with E-state index < -0.39 is 41.3 Å². The zero-order valence-corrected chi connectivity index (χ0v) is 17.4. The van der Waals surface area contributed by atoms with Crippen LogP contribution in [0.4, 0.5) is 23.4 Å². The summed E-state index contributed by atoms with van der Waals surface area (Å²) >= 11 is 0. The van der Waals surface area contributed by atoms with Crippen molar-refractivity contribution >= 4 is 11.7 Å². The molecule has 0 atom stereocenters. The molecule has 0 aliphatic rings. The lowest BCUT2D eigenvalue weighted by Gasteiger charge is -2.12. The Morgan fingerprint density at radius 1 is 0.969 bits per heavy atom. The van der Waals surface area contributed by atoms with E-state index >= 15 is 0 Å². The predicted octanol–water partition coefficient (Wildman–Crippen LogP) is 4.47. The van der Waals surface area contributed by atoms with Gasteiger partial charge in [0, 0.05) is 18.3 Å². The van der Waals surface area contributed by atoms with Crippen molar-refractivity contribution in [1.82, 2.24) is 9.78 Å². The molecule has 3 rings (SSSR count). The number of halogens is 4. The smallest absolute Gasteiger partial charge is 0.229 e. The van der Waals surface area contributed by atoms with Gasteiger partial charge in [-0.3, -0.25) is 9.48 Å².